The zero-order chi connectivity index (χ0) is 13.8. The fourth-order valence-corrected chi connectivity index (χ4v) is 2.38. The fraction of sp³-hybridized carbons (Fsp3) is 0.429. The zero-order valence-electron chi connectivity index (χ0n) is 10.8. The Hall–Kier alpha value is -1.88. The number of fused-ring (bicyclic) bond motifs is 1. The molecule has 1 amide bonds. The summed E-state index contributed by atoms with van der Waals surface area (Å²) in [7, 11) is 0. The largest absolute Gasteiger partial charge is 0.481 e. The van der Waals surface area contributed by atoms with Gasteiger partial charge in [-0.05, 0) is 18.6 Å². The van der Waals surface area contributed by atoms with Crippen molar-refractivity contribution in [3.63, 3.8) is 0 Å². The highest BCUT2D eigenvalue weighted by molar-refractivity contribution is 5.97. The third kappa shape index (κ3) is 2.93. The summed E-state index contributed by atoms with van der Waals surface area (Å²) in [5.74, 6) is -1.11. The molecule has 1 heterocycles. The van der Waals surface area contributed by atoms with Crippen LogP contribution >= 0.6 is 0 Å². The van der Waals surface area contributed by atoms with Crippen molar-refractivity contribution in [1.29, 1.82) is 0 Å². The Morgan fingerprint density at radius 2 is 2.16 bits per heavy atom. The van der Waals surface area contributed by atoms with Crippen molar-refractivity contribution in [2.45, 2.75) is 19.3 Å². The van der Waals surface area contributed by atoms with Crippen LogP contribution in [0.4, 0.5) is 5.69 Å². The summed E-state index contributed by atoms with van der Waals surface area (Å²) < 4.78 is 5.13. The summed E-state index contributed by atoms with van der Waals surface area (Å²) in [5, 5.41) is 8.94. The Morgan fingerprint density at radius 1 is 1.42 bits per heavy atom. The first-order valence-corrected chi connectivity index (χ1v) is 6.32. The number of hydrogen-bond donors (Lipinski definition) is 1. The number of anilines is 1. The van der Waals surface area contributed by atoms with Gasteiger partial charge in [0.25, 0.3) is 5.91 Å². The van der Waals surface area contributed by atoms with E-state index in [1.807, 2.05) is 31.2 Å². The first kappa shape index (κ1) is 13.5. The Morgan fingerprint density at radius 3 is 2.84 bits per heavy atom. The van der Waals surface area contributed by atoms with Gasteiger partial charge < -0.3 is 14.7 Å². The summed E-state index contributed by atoms with van der Waals surface area (Å²) >= 11 is 0. The van der Waals surface area contributed by atoms with E-state index in [1.165, 1.54) is 0 Å². The third-order valence-electron chi connectivity index (χ3n) is 3.22. The van der Waals surface area contributed by atoms with Gasteiger partial charge in [-0.25, -0.2) is 0 Å². The summed E-state index contributed by atoms with van der Waals surface area (Å²) in [5.41, 5.74) is 1.73. The molecule has 0 bridgehead atoms. The lowest BCUT2D eigenvalue weighted by Crippen LogP contribution is -2.33. The van der Waals surface area contributed by atoms with E-state index in [0.29, 0.717) is 13.2 Å². The van der Waals surface area contributed by atoms with Crippen molar-refractivity contribution in [1.82, 2.24) is 0 Å². The number of aliphatic carboxylic acids is 1. The van der Waals surface area contributed by atoms with Gasteiger partial charge in [0.2, 0.25) is 0 Å². The molecule has 1 aliphatic rings. The number of hydrogen-bond acceptors (Lipinski definition) is 3. The molecule has 1 N–H and O–H groups in total. The van der Waals surface area contributed by atoms with Crippen LogP contribution in [-0.4, -0.2) is 36.7 Å². The number of benzene rings is 1. The average Bonchev–Trinajstić information content (AvgIpc) is 2.75. The van der Waals surface area contributed by atoms with E-state index in [4.69, 9.17) is 9.84 Å². The molecule has 5 nitrogen and oxygen atoms in total. The zero-order valence-corrected chi connectivity index (χ0v) is 10.8. The molecule has 0 aromatic heterocycles. The standard InChI is InChI=1S/C14H17NO4/c1-2-19-9-13(16)15-8-10(7-14(17)18)11-5-3-4-6-12(11)15/h3-6,10H,2,7-9H2,1H3,(H,17,18). The molecule has 0 saturated heterocycles. The number of amides is 1. The monoisotopic (exact) mass is 263 g/mol. The number of para-hydroxylation sites is 1. The number of nitrogens with zero attached hydrogens (tertiary/aromatic N) is 1. The molecule has 0 radical (unpaired) electrons. The Labute approximate surface area is 111 Å². The minimum atomic E-state index is -0.848. The molecule has 1 aliphatic heterocycles. The van der Waals surface area contributed by atoms with Gasteiger partial charge in [-0.3, -0.25) is 9.59 Å². The molecular formula is C14H17NO4. The second-order valence-corrected chi connectivity index (χ2v) is 4.50. The van der Waals surface area contributed by atoms with Crippen LogP contribution in [0.25, 0.3) is 0 Å². The van der Waals surface area contributed by atoms with Crippen molar-refractivity contribution in [2.24, 2.45) is 0 Å². The lowest BCUT2D eigenvalue weighted by molar-refractivity contribution is -0.137. The van der Waals surface area contributed by atoms with Gasteiger partial charge in [0.15, 0.2) is 0 Å². The molecule has 0 aliphatic carbocycles. The van der Waals surface area contributed by atoms with Crippen molar-refractivity contribution in [3.8, 4) is 0 Å². The van der Waals surface area contributed by atoms with Crippen LogP contribution in [0.5, 0.6) is 0 Å². The first-order valence-electron chi connectivity index (χ1n) is 6.32. The molecule has 102 valence electrons. The summed E-state index contributed by atoms with van der Waals surface area (Å²) in [6, 6.07) is 7.45. The molecule has 0 fully saturated rings. The predicted molar refractivity (Wildman–Crippen MR) is 70.3 cm³/mol. The number of carboxylic acid groups (broad SMARTS) is 1. The first-order chi connectivity index (χ1) is 9.13. The smallest absolute Gasteiger partial charge is 0.304 e. The molecule has 2 rings (SSSR count). The van der Waals surface area contributed by atoms with Crippen molar-refractivity contribution >= 4 is 17.6 Å². The number of rotatable bonds is 5. The van der Waals surface area contributed by atoms with Gasteiger partial charge in [-0.2, -0.15) is 0 Å². The highest BCUT2D eigenvalue weighted by Gasteiger charge is 2.32. The van der Waals surface area contributed by atoms with Gasteiger partial charge >= 0.3 is 5.97 Å². The Bertz CT molecular complexity index is 486. The van der Waals surface area contributed by atoms with E-state index >= 15 is 0 Å². The summed E-state index contributed by atoms with van der Waals surface area (Å²) in [6.45, 7) is 2.76. The number of ether oxygens (including phenoxy) is 1. The minimum Gasteiger partial charge on any atom is -0.481 e. The molecular weight excluding hydrogens is 246 g/mol. The van der Waals surface area contributed by atoms with E-state index in [0.717, 1.165) is 11.3 Å². The molecule has 1 unspecified atom stereocenters. The van der Waals surface area contributed by atoms with Crippen LogP contribution in [0.15, 0.2) is 24.3 Å². The lowest BCUT2D eigenvalue weighted by atomic mass is 9.98. The Kier molecular flexibility index (Phi) is 4.16. The van der Waals surface area contributed by atoms with Gasteiger partial charge in [0, 0.05) is 24.8 Å². The predicted octanol–water partition coefficient (Wildman–Crippen LogP) is 1.63. The van der Waals surface area contributed by atoms with Crippen molar-refractivity contribution in [2.75, 3.05) is 24.7 Å². The van der Waals surface area contributed by atoms with Gasteiger partial charge in [0.05, 0.1) is 6.42 Å². The molecule has 1 atom stereocenters. The number of carbonyl (C=O) groups excluding carboxylic acids is 1. The van der Waals surface area contributed by atoms with Gasteiger partial charge in [-0.1, -0.05) is 18.2 Å². The fourth-order valence-electron chi connectivity index (χ4n) is 2.38. The quantitative estimate of drug-likeness (QED) is 0.876. The van der Waals surface area contributed by atoms with Crippen LogP contribution in [0.1, 0.15) is 24.8 Å². The molecule has 1 aromatic carbocycles. The second-order valence-electron chi connectivity index (χ2n) is 4.50. The van der Waals surface area contributed by atoms with Gasteiger partial charge in [-0.15, -0.1) is 0 Å². The maximum Gasteiger partial charge on any atom is 0.304 e. The topological polar surface area (TPSA) is 66.8 Å². The normalized spacial score (nSPS) is 17.3. The lowest BCUT2D eigenvalue weighted by Gasteiger charge is -2.17. The molecule has 1 aromatic rings. The van der Waals surface area contributed by atoms with Crippen LogP contribution in [-0.2, 0) is 14.3 Å². The van der Waals surface area contributed by atoms with E-state index in [-0.39, 0.29) is 24.9 Å². The SMILES string of the molecule is CCOCC(=O)N1CC(CC(=O)O)c2ccccc21. The summed E-state index contributed by atoms with van der Waals surface area (Å²) in [4.78, 5) is 24.6. The molecule has 0 spiro atoms. The molecule has 0 saturated carbocycles. The maximum absolute atomic E-state index is 12.1. The highest BCUT2D eigenvalue weighted by atomic mass is 16.5. The second kappa shape index (κ2) is 5.84. The van der Waals surface area contributed by atoms with Crippen LogP contribution in [0, 0.1) is 0 Å². The van der Waals surface area contributed by atoms with E-state index in [2.05, 4.69) is 0 Å². The van der Waals surface area contributed by atoms with Crippen molar-refractivity contribution in [3.05, 3.63) is 29.8 Å². The Balaban J connectivity index is 2.20. The summed E-state index contributed by atoms with van der Waals surface area (Å²) in [6.07, 6.45) is 0.0371. The number of carboxylic acids is 1. The maximum atomic E-state index is 12.1. The average molecular weight is 263 g/mol. The van der Waals surface area contributed by atoms with Crippen LogP contribution in [0.2, 0.25) is 0 Å². The highest BCUT2D eigenvalue weighted by Crippen LogP contribution is 2.37. The van der Waals surface area contributed by atoms with Crippen molar-refractivity contribution < 1.29 is 19.4 Å². The third-order valence-corrected chi connectivity index (χ3v) is 3.22. The number of carbonyl (C=O) groups is 2. The minimum absolute atomic E-state index is 0.0324. The van der Waals surface area contributed by atoms with Gasteiger partial charge in [0.1, 0.15) is 6.61 Å². The molecule has 19 heavy (non-hydrogen) atoms. The van der Waals surface area contributed by atoms with E-state index in [9.17, 15) is 9.59 Å². The van der Waals surface area contributed by atoms with E-state index in [1.54, 1.807) is 4.90 Å². The van der Waals surface area contributed by atoms with E-state index < -0.39 is 5.97 Å². The van der Waals surface area contributed by atoms with Crippen LogP contribution < -0.4 is 4.90 Å². The molecule has 5 heteroatoms. The van der Waals surface area contributed by atoms with Crippen LogP contribution in [0.3, 0.4) is 0 Å².